The number of carbonyl (C=O) groups excluding carboxylic acids is 1. The number of hydrogen-bond donors (Lipinski definition) is 1. The third-order valence-electron chi connectivity index (χ3n) is 4.99. The van der Waals surface area contributed by atoms with E-state index in [0.717, 1.165) is 22.4 Å². The first kappa shape index (κ1) is 21.5. The number of thiocarbonyl (C=S) groups is 1. The molecule has 1 N–H and O–H groups in total. The van der Waals surface area contributed by atoms with Gasteiger partial charge in [-0.15, -0.1) is 0 Å². The van der Waals surface area contributed by atoms with E-state index in [2.05, 4.69) is 5.32 Å². The average Bonchev–Trinajstić information content (AvgIpc) is 3.07. The smallest absolute Gasteiger partial charge is 0.281 e. The zero-order chi connectivity index (χ0) is 22.7. The van der Waals surface area contributed by atoms with Gasteiger partial charge in [0.1, 0.15) is 29.6 Å². The fraction of sp³-hybridized carbons (Fsp3) is 0.120. The molecule has 0 aromatic heterocycles. The van der Waals surface area contributed by atoms with Gasteiger partial charge in [-0.2, -0.15) is 0 Å². The minimum absolute atomic E-state index is 0.240. The lowest BCUT2D eigenvalue weighted by Crippen LogP contribution is -2.30. The third kappa shape index (κ3) is 4.63. The number of aryl methyl sites for hydroxylation is 1. The maximum Gasteiger partial charge on any atom is 0.281 e. The lowest BCUT2D eigenvalue weighted by Gasteiger charge is -2.13. The van der Waals surface area contributed by atoms with Gasteiger partial charge in [-0.3, -0.25) is 9.69 Å². The van der Waals surface area contributed by atoms with E-state index in [4.69, 9.17) is 21.7 Å². The second kappa shape index (κ2) is 9.20. The van der Waals surface area contributed by atoms with E-state index in [-0.39, 0.29) is 16.8 Å². The van der Waals surface area contributed by atoms with Gasteiger partial charge in [0.05, 0.1) is 12.8 Å². The van der Waals surface area contributed by atoms with E-state index in [1.54, 1.807) is 13.2 Å². The molecular formula is C25H21FN2O3S. The second-order valence-electron chi connectivity index (χ2n) is 7.28. The molecule has 0 atom stereocenters. The zero-order valence-corrected chi connectivity index (χ0v) is 18.4. The maximum absolute atomic E-state index is 13.2. The zero-order valence-electron chi connectivity index (χ0n) is 17.6. The van der Waals surface area contributed by atoms with Gasteiger partial charge in [-0.1, -0.05) is 23.8 Å². The van der Waals surface area contributed by atoms with Crippen molar-refractivity contribution >= 4 is 35.0 Å². The highest BCUT2D eigenvalue weighted by molar-refractivity contribution is 7.80. The van der Waals surface area contributed by atoms with Crippen LogP contribution in [-0.4, -0.2) is 18.1 Å². The monoisotopic (exact) mass is 448 g/mol. The molecule has 0 spiro atoms. The average molecular weight is 449 g/mol. The van der Waals surface area contributed by atoms with Crippen molar-refractivity contribution in [2.45, 2.75) is 13.5 Å². The Hall–Kier alpha value is -3.71. The fourth-order valence-electron chi connectivity index (χ4n) is 3.32. The van der Waals surface area contributed by atoms with Crippen molar-refractivity contribution in [1.29, 1.82) is 0 Å². The van der Waals surface area contributed by atoms with E-state index in [1.807, 2.05) is 49.4 Å². The number of carbonyl (C=O) groups is 1. The highest BCUT2D eigenvalue weighted by Crippen LogP contribution is 2.26. The van der Waals surface area contributed by atoms with Crippen LogP contribution in [0.5, 0.6) is 11.5 Å². The number of rotatable bonds is 6. The normalized spacial score (nSPS) is 14.6. The van der Waals surface area contributed by atoms with Crippen LogP contribution in [0.25, 0.3) is 6.08 Å². The molecular weight excluding hydrogens is 427 g/mol. The standard InChI is InChI=1S/C25H21FN2O3S/c1-16-3-10-21(11-4-16)31-15-18-13-17(5-12-23(18)30-2)14-22-24(29)28(25(32)27-22)20-8-6-19(26)7-9-20/h3-14H,15H2,1-2H3,(H,27,32)/b22-14+. The molecule has 1 amide bonds. The van der Waals surface area contributed by atoms with Gasteiger partial charge in [0.2, 0.25) is 0 Å². The van der Waals surface area contributed by atoms with Crippen LogP contribution >= 0.6 is 12.2 Å². The van der Waals surface area contributed by atoms with Crippen LogP contribution < -0.4 is 19.7 Å². The molecule has 0 unspecified atom stereocenters. The van der Waals surface area contributed by atoms with E-state index in [1.165, 1.54) is 29.2 Å². The Morgan fingerprint density at radius 3 is 2.47 bits per heavy atom. The number of benzene rings is 3. The number of anilines is 1. The number of amides is 1. The highest BCUT2D eigenvalue weighted by atomic mass is 32.1. The van der Waals surface area contributed by atoms with Gasteiger partial charge >= 0.3 is 0 Å². The number of nitrogens with one attached hydrogen (secondary N) is 1. The second-order valence-corrected chi connectivity index (χ2v) is 7.66. The molecule has 1 aliphatic rings. The van der Waals surface area contributed by atoms with Crippen molar-refractivity contribution in [2.24, 2.45) is 0 Å². The van der Waals surface area contributed by atoms with Gasteiger partial charge in [0.25, 0.3) is 5.91 Å². The molecule has 0 saturated carbocycles. The van der Waals surface area contributed by atoms with Crippen LogP contribution in [0.3, 0.4) is 0 Å². The highest BCUT2D eigenvalue weighted by Gasteiger charge is 2.31. The van der Waals surface area contributed by atoms with Crippen molar-refractivity contribution in [3.05, 3.63) is 94.9 Å². The number of methoxy groups -OCH3 is 1. The van der Waals surface area contributed by atoms with Crippen LogP contribution in [0.15, 0.2) is 72.4 Å². The quantitative estimate of drug-likeness (QED) is 0.426. The van der Waals surface area contributed by atoms with Crippen LogP contribution in [0.1, 0.15) is 16.7 Å². The first-order valence-corrected chi connectivity index (χ1v) is 10.3. The molecule has 7 heteroatoms. The van der Waals surface area contributed by atoms with Crippen LogP contribution in [-0.2, 0) is 11.4 Å². The van der Waals surface area contributed by atoms with E-state index < -0.39 is 0 Å². The lowest BCUT2D eigenvalue weighted by atomic mass is 10.1. The largest absolute Gasteiger partial charge is 0.496 e. The molecule has 0 bridgehead atoms. The predicted octanol–water partition coefficient (Wildman–Crippen LogP) is 4.98. The van der Waals surface area contributed by atoms with Crippen molar-refractivity contribution in [1.82, 2.24) is 5.32 Å². The van der Waals surface area contributed by atoms with Crippen LogP contribution in [0.4, 0.5) is 10.1 Å². The Bertz CT molecular complexity index is 1190. The first-order chi connectivity index (χ1) is 15.4. The predicted molar refractivity (Wildman–Crippen MR) is 126 cm³/mol. The summed E-state index contributed by atoms with van der Waals surface area (Å²) in [6, 6.07) is 19.0. The number of halogens is 1. The summed E-state index contributed by atoms with van der Waals surface area (Å²) >= 11 is 5.32. The summed E-state index contributed by atoms with van der Waals surface area (Å²) < 4.78 is 24.6. The van der Waals surface area contributed by atoms with Gasteiger partial charge < -0.3 is 14.8 Å². The molecule has 1 heterocycles. The third-order valence-corrected chi connectivity index (χ3v) is 5.28. The topological polar surface area (TPSA) is 50.8 Å². The molecule has 0 aliphatic carbocycles. The Morgan fingerprint density at radius 1 is 1.06 bits per heavy atom. The Balaban J connectivity index is 1.56. The minimum atomic E-state index is -0.381. The molecule has 3 aromatic carbocycles. The lowest BCUT2D eigenvalue weighted by molar-refractivity contribution is -0.113. The van der Waals surface area contributed by atoms with Crippen molar-refractivity contribution in [3.63, 3.8) is 0 Å². The summed E-state index contributed by atoms with van der Waals surface area (Å²) in [7, 11) is 1.60. The summed E-state index contributed by atoms with van der Waals surface area (Å²) in [6.45, 7) is 2.33. The molecule has 0 radical (unpaired) electrons. The summed E-state index contributed by atoms with van der Waals surface area (Å²) in [5, 5.41) is 3.18. The summed E-state index contributed by atoms with van der Waals surface area (Å²) in [4.78, 5) is 14.3. The number of nitrogens with zero attached hydrogens (tertiary/aromatic N) is 1. The Kier molecular flexibility index (Phi) is 6.18. The summed E-state index contributed by atoms with van der Waals surface area (Å²) in [5.74, 6) is 0.756. The molecule has 162 valence electrons. The van der Waals surface area contributed by atoms with Gasteiger partial charge in [0, 0.05) is 5.56 Å². The van der Waals surface area contributed by atoms with E-state index in [9.17, 15) is 9.18 Å². The Labute approximate surface area is 191 Å². The molecule has 1 fully saturated rings. The minimum Gasteiger partial charge on any atom is -0.496 e. The maximum atomic E-state index is 13.2. The number of hydrogen-bond acceptors (Lipinski definition) is 4. The first-order valence-electron chi connectivity index (χ1n) is 9.93. The summed E-state index contributed by atoms with van der Waals surface area (Å²) in [5.41, 5.74) is 3.61. The summed E-state index contributed by atoms with van der Waals surface area (Å²) in [6.07, 6.45) is 1.72. The molecule has 32 heavy (non-hydrogen) atoms. The van der Waals surface area contributed by atoms with Crippen LogP contribution in [0.2, 0.25) is 0 Å². The molecule has 3 aromatic rings. The van der Waals surface area contributed by atoms with Gasteiger partial charge in [0.15, 0.2) is 5.11 Å². The van der Waals surface area contributed by atoms with E-state index in [0.29, 0.717) is 23.7 Å². The Morgan fingerprint density at radius 2 is 1.78 bits per heavy atom. The number of ether oxygens (including phenoxy) is 2. The van der Waals surface area contributed by atoms with Gasteiger partial charge in [-0.05, 0) is 79.3 Å². The molecule has 4 rings (SSSR count). The van der Waals surface area contributed by atoms with Crippen molar-refractivity contribution in [2.75, 3.05) is 12.0 Å². The van der Waals surface area contributed by atoms with Crippen LogP contribution in [0, 0.1) is 12.7 Å². The molecule has 1 aliphatic heterocycles. The van der Waals surface area contributed by atoms with E-state index >= 15 is 0 Å². The molecule has 5 nitrogen and oxygen atoms in total. The fourth-order valence-corrected chi connectivity index (χ4v) is 3.62. The van der Waals surface area contributed by atoms with Gasteiger partial charge in [-0.25, -0.2) is 4.39 Å². The molecule has 1 saturated heterocycles. The van der Waals surface area contributed by atoms with Crippen molar-refractivity contribution < 1.29 is 18.7 Å². The SMILES string of the molecule is COc1ccc(/C=C2/NC(=S)N(c3ccc(F)cc3)C2=O)cc1COc1ccc(C)cc1. The van der Waals surface area contributed by atoms with Crippen molar-refractivity contribution in [3.8, 4) is 11.5 Å².